The van der Waals surface area contributed by atoms with Crippen LogP contribution in [0.5, 0.6) is 17.2 Å². The molecule has 0 radical (unpaired) electrons. The average molecular weight is 443 g/mol. The first-order valence-electron chi connectivity index (χ1n) is 10.1. The summed E-state index contributed by atoms with van der Waals surface area (Å²) in [5, 5.41) is 6.66. The topological polar surface area (TPSA) is 98.2 Å². The molecular formula is C25H21N3O5. The molecule has 0 spiro atoms. The van der Waals surface area contributed by atoms with Crippen LogP contribution in [0.3, 0.4) is 0 Å². The maximum absolute atomic E-state index is 12.9. The quantitative estimate of drug-likeness (QED) is 0.332. The van der Waals surface area contributed by atoms with E-state index in [2.05, 4.69) is 15.8 Å². The van der Waals surface area contributed by atoms with Crippen LogP contribution in [0.15, 0.2) is 83.6 Å². The third kappa shape index (κ3) is 5.56. The summed E-state index contributed by atoms with van der Waals surface area (Å²) in [5.41, 5.74) is 4.31. The Labute approximate surface area is 190 Å². The third-order valence-electron chi connectivity index (χ3n) is 4.73. The summed E-state index contributed by atoms with van der Waals surface area (Å²) in [5.74, 6) is 0.901. The predicted molar refractivity (Wildman–Crippen MR) is 123 cm³/mol. The zero-order valence-corrected chi connectivity index (χ0v) is 17.8. The number of fused-ring (bicyclic) bond motifs is 1. The zero-order chi connectivity index (χ0) is 23.0. The minimum atomic E-state index is -0.582. The molecule has 8 nitrogen and oxygen atoms in total. The van der Waals surface area contributed by atoms with Crippen LogP contribution in [-0.4, -0.2) is 31.9 Å². The van der Waals surface area contributed by atoms with Gasteiger partial charge in [-0.25, -0.2) is 5.43 Å². The van der Waals surface area contributed by atoms with E-state index >= 15 is 0 Å². The number of carbonyl (C=O) groups excluding carboxylic acids is 2. The summed E-state index contributed by atoms with van der Waals surface area (Å²) in [7, 11) is 1.58. The van der Waals surface area contributed by atoms with Crippen molar-refractivity contribution in [1.82, 2.24) is 10.7 Å². The standard InChI is InChI=1S/C25H21N3O5/c1-31-20-10-7-17(8-11-20)15-26-28-25(30)21(27-24(29)19-5-3-2-4-6-19)13-18-9-12-22-23(14-18)33-16-32-22/h2-15H,16H2,1H3,(H,27,29)(H,28,30)/b21-13+,26-15-. The van der Waals surface area contributed by atoms with Crippen molar-refractivity contribution < 1.29 is 23.8 Å². The van der Waals surface area contributed by atoms with Gasteiger partial charge in [-0.3, -0.25) is 9.59 Å². The molecule has 0 saturated carbocycles. The smallest absolute Gasteiger partial charge is 0.287 e. The zero-order valence-electron chi connectivity index (χ0n) is 17.8. The lowest BCUT2D eigenvalue weighted by molar-refractivity contribution is -0.117. The highest BCUT2D eigenvalue weighted by atomic mass is 16.7. The van der Waals surface area contributed by atoms with Crippen molar-refractivity contribution in [3.63, 3.8) is 0 Å². The number of carbonyl (C=O) groups is 2. The highest BCUT2D eigenvalue weighted by Gasteiger charge is 2.16. The molecule has 1 heterocycles. The second-order valence-electron chi connectivity index (χ2n) is 6.96. The fourth-order valence-corrected chi connectivity index (χ4v) is 3.03. The molecule has 0 fully saturated rings. The Morgan fingerprint density at radius 2 is 1.67 bits per heavy atom. The Kier molecular flexibility index (Phi) is 6.65. The van der Waals surface area contributed by atoms with Gasteiger partial charge in [-0.2, -0.15) is 5.10 Å². The van der Waals surface area contributed by atoms with Gasteiger partial charge in [0, 0.05) is 5.56 Å². The first-order chi connectivity index (χ1) is 16.1. The fraction of sp³-hybridized carbons (Fsp3) is 0.0800. The maximum atomic E-state index is 12.9. The molecule has 4 rings (SSSR count). The molecule has 166 valence electrons. The van der Waals surface area contributed by atoms with Crippen LogP contribution in [0, 0.1) is 0 Å². The van der Waals surface area contributed by atoms with Gasteiger partial charge in [0.25, 0.3) is 11.8 Å². The Morgan fingerprint density at radius 3 is 2.42 bits per heavy atom. The van der Waals surface area contributed by atoms with Crippen molar-refractivity contribution in [3.8, 4) is 17.2 Å². The van der Waals surface area contributed by atoms with E-state index < -0.39 is 11.8 Å². The number of amides is 2. The molecule has 0 atom stereocenters. The largest absolute Gasteiger partial charge is 0.497 e. The summed E-state index contributed by atoms with van der Waals surface area (Å²) < 4.78 is 15.8. The number of nitrogens with zero attached hydrogens (tertiary/aromatic N) is 1. The number of rotatable bonds is 7. The van der Waals surface area contributed by atoms with Gasteiger partial charge >= 0.3 is 0 Å². The monoisotopic (exact) mass is 443 g/mol. The van der Waals surface area contributed by atoms with Crippen LogP contribution in [0.25, 0.3) is 6.08 Å². The average Bonchev–Trinajstić information content (AvgIpc) is 3.32. The van der Waals surface area contributed by atoms with Gasteiger partial charge in [-0.1, -0.05) is 24.3 Å². The lowest BCUT2D eigenvalue weighted by Gasteiger charge is -2.09. The number of nitrogens with one attached hydrogen (secondary N) is 2. The maximum Gasteiger partial charge on any atom is 0.287 e. The molecule has 3 aromatic carbocycles. The molecule has 0 unspecified atom stereocenters. The van der Waals surface area contributed by atoms with Crippen LogP contribution in [0.4, 0.5) is 0 Å². The van der Waals surface area contributed by atoms with Crippen molar-refractivity contribution in [2.24, 2.45) is 5.10 Å². The SMILES string of the molecule is COc1ccc(/C=N\NC(=O)/C(=C\c2ccc3c(c2)OCO3)NC(=O)c2ccccc2)cc1. The Morgan fingerprint density at radius 1 is 0.939 bits per heavy atom. The van der Waals surface area contributed by atoms with E-state index in [1.807, 2.05) is 0 Å². The molecule has 8 heteroatoms. The van der Waals surface area contributed by atoms with Crippen molar-refractivity contribution in [3.05, 3.63) is 95.2 Å². The van der Waals surface area contributed by atoms with E-state index in [1.165, 1.54) is 6.21 Å². The van der Waals surface area contributed by atoms with Crippen molar-refractivity contribution in [2.45, 2.75) is 0 Å². The molecule has 0 aromatic heterocycles. The molecule has 1 aliphatic heterocycles. The molecule has 2 N–H and O–H groups in total. The van der Waals surface area contributed by atoms with Gasteiger partial charge in [0.2, 0.25) is 6.79 Å². The van der Waals surface area contributed by atoms with E-state index in [9.17, 15) is 9.59 Å². The minimum absolute atomic E-state index is 0.0228. The van der Waals surface area contributed by atoms with Crippen LogP contribution < -0.4 is 25.0 Å². The van der Waals surface area contributed by atoms with E-state index in [-0.39, 0.29) is 12.5 Å². The van der Waals surface area contributed by atoms with Crippen molar-refractivity contribution >= 4 is 24.1 Å². The van der Waals surface area contributed by atoms with Gasteiger partial charge in [0.1, 0.15) is 11.4 Å². The second kappa shape index (κ2) is 10.1. The molecule has 1 aliphatic rings. The number of methoxy groups -OCH3 is 1. The summed E-state index contributed by atoms with van der Waals surface area (Å²) in [4.78, 5) is 25.5. The lowest BCUT2D eigenvalue weighted by Crippen LogP contribution is -2.32. The van der Waals surface area contributed by atoms with Gasteiger partial charge in [0.15, 0.2) is 11.5 Å². The number of hydrazone groups is 1. The second-order valence-corrected chi connectivity index (χ2v) is 6.96. The molecular weight excluding hydrogens is 422 g/mol. The molecule has 0 bridgehead atoms. The number of hydrogen-bond donors (Lipinski definition) is 2. The van der Waals surface area contributed by atoms with Gasteiger partial charge in [-0.15, -0.1) is 0 Å². The number of ether oxygens (including phenoxy) is 3. The summed E-state index contributed by atoms with van der Waals surface area (Å²) in [6.07, 6.45) is 3.04. The molecule has 0 saturated heterocycles. The summed E-state index contributed by atoms with van der Waals surface area (Å²) in [6, 6.07) is 21.0. The van der Waals surface area contributed by atoms with E-state index in [1.54, 1.807) is 86.0 Å². The molecule has 0 aliphatic carbocycles. The number of benzene rings is 3. The summed E-state index contributed by atoms with van der Waals surface area (Å²) >= 11 is 0. The van der Waals surface area contributed by atoms with E-state index in [4.69, 9.17) is 14.2 Å². The van der Waals surface area contributed by atoms with Gasteiger partial charge in [0.05, 0.1) is 13.3 Å². The first-order valence-corrected chi connectivity index (χ1v) is 10.1. The van der Waals surface area contributed by atoms with Crippen LogP contribution in [-0.2, 0) is 4.79 Å². The van der Waals surface area contributed by atoms with Gasteiger partial charge in [-0.05, 0) is 65.7 Å². The third-order valence-corrected chi connectivity index (χ3v) is 4.73. The summed E-state index contributed by atoms with van der Waals surface area (Å²) in [6.45, 7) is 0.140. The van der Waals surface area contributed by atoms with Crippen molar-refractivity contribution in [2.75, 3.05) is 13.9 Å². The normalized spacial score (nSPS) is 12.5. The first kappa shape index (κ1) is 21.6. The molecule has 2 amide bonds. The Hall–Kier alpha value is -4.59. The van der Waals surface area contributed by atoms with Crippen LogP contribution in [0.1, 0.15) is 21.5 Å². The molecule has 33 heavy (non-hydrogen) atoms. The Balaban J connectivity index is 1.53. The number of hydrogen-bond acceptors (Lipinski definition) is 6. The van der Waals surface area contributed by atoms with Gasteiger partial charge < -0.3 is 19.5 Å². The van der Waals surface area contributed by atoms with E-state index in [0.717, 1.165) is 5.56 Å². The highest BCUT2D eigenvalue weighted by Crippen LogP contribution is 2.33. The fourth-order valence-electron chi connectivity index (χ4n) is 3.03. The highest BCUT2D eigenvalue weighted by molar-refractivity contribution is 6.05. The van der Waals surface area contributed by atoms with Crippen LogP contribution in [0.2, 0.25) is 0 Å². The Bertz CT molecular complexity index is 1200. The lowest BCUT2D eigenvalue weighted by atomic mass is 10.1. The molecule has 3 aromatic rings. The predicted octanol–water partition coefficient (Wildman–Crippen LogP) is 3.35. The van der Waals surface area contributed by atoms with E-state index in [0.29, 0.717) is 28.4 Å². The van der Waals surface area contributed by atoms with Crippen molar-refractivity contribution in [1.29, 1.82) is 0 Å². The van der Waals surface area contributed by atoms with Crippen LogP contribution >= 0.6 is 0 Å². The minimum Gasteiger partial charge on any atom is -0.497 e.